The lowest BCUT2D eigenvalue weighted by Gasteiger charge is -2.15. The Morgan fingerprint density at radius 1 is 1.30 bits per heavy atom. The normalized spacial score (nSPS) is 16.2. The fourth-order valence-electron chi connectivity index (χ4n) is 1.86. The van der Waals surface area contributed by atoms with Crippen molar-refractivity contribution in [3.63, 3.8) is 0 Å². The van der Waals surface area contributed by atoms with Crippen LogP contribution in [0.1, 0.15) is 15.2 Å². The SMILES string of the molecule is O=C(NN1C(=O)/C(=C/c2cccs2)SC1=S)c1cccc(Cl)c1. The van der Waals surface area contributed by atoms with E-state index in [0.29, 0.717) is 15.5 Å². The fraction of sp³-hybridized carbons (Fsp3) is 0. The van der Waals surface area contributed by atoms with Crippen LogP contribution in [-0.4, -0.2) is 21.1 Å². The molecule has 0 unspecified atom stereocenters. The second-order valence-corrected chi connectivity index (χ2v) is 7.58. The number of thiocarbonyl (C=S) groups is 1. The zero-order valence-electron chi connectivity index (χ0n) is 11.5. The van der Waals surface area contributed by atoms with Gasteiger partial charge in [0, 0.05) is 15.5 Å². The molecule has 2 aromatic rings. The molecule has 4 nitrogen and oxygen atoms in total. The Morgan fingerprint density at radius 3 is 2.83 bits per heavy atom. The van der Waals surface area contributed by atoms with Gasteiger partial charge in [-0.1, -0.05) is 35.5 Å². The molecule has 1 aromatic heterocycles. The van der Waals surface area contributed by atoms with Crippen molar-refractivity contribution in [1.82, 2.24) is 10.4 Å². The van der Waals surface area contributed by atoms with Gasteiger partial charge in [0.05, 0.1) is 4.91 Å². The van der Waals surface area contributed by atoms with Gasteiger partial charge in [0.1, 0.15) is 0 Å². The highest BCUT2D eigenvalue weighted by Crippen LogP contribution is 2.32. The van der Waals surface area contributed by atoms with Gasteiger partial charge in [-0.15, -0.1) is 11.3 Å². The number of benzene rings is 1. The van der Waals surface area contributed by atoms with E-state index in [1.165, 1.54) is 17.4 Å². The molecule has 0 saturated carbocycles. The Labute approximate surface area is 151 Å². The molecule has 2 heterocycles. The highest BCUT2D eigenvalue weighted by Gasteiger charge is 2.33. The van der Waals surface area contributed by atoms with Gasteiger partial charge in [-0.25, -0.2) is 0 Å². The standard InChI is InChI=1S/C15H9ClN2O2S3/c16-10-4-1-3-9(7-10)13(19)17-18-14(20)12(23-15(18)21)8-11-5-2-6-22-11/h1-8H,(H,17,19)/b12-8-. The number of hydrogen-bond donors (Lipinski definition) is 1. The number of thiophene rings is 1. The molecule has 1 N–H and O–H groups in total. The van der Waals surface area contributed by atoms with E-state index in [4.69, 9.17) is 23.8 Å². The molecule has 0 radical (unpaired) electrons. The van der Waals surface area contributed by atoms with Gasteiger partial charge in [-0.3, -0.25) is 15.0 Å². The molecule has 1 aliphatic rings. The lowest BCUT2D eigenvalue weighted by atomic mass is 10.2. The third-order valence-corrected chi connectivity index (χ3v) is 5.27. The molecule has 1 aliphatic heterocycles. The van der Waals surface area contributed by atoms with E-state index >= 15 is 0 Å². The molecule has 1 fully saturated rings. The van der Waals surface area contributed by atoms with Crippen LogP contribution in [0.5, 0.6) is 0 Å². The molecule has 3 rings (SSSR count). The van der Waals surface area contributed by atoms with Gasteiger partial charge in [-0.05, 0) is 47.9 Å². The number of amides is 2. The van der Waals surface area contributed by atoms with Crippen molar-refractivity contribution in [2.45, 2.75) is 0 Å². The van der Waals surface area contributed by atoms with E-state index in [-0.39, 0.29) is 10.2 Å². The fourth-order valence-corrected chi connectivity index (χ4v) is 3.96. The Morgan fingerprint density at radius 2 is 2.13 bits per heavy atom. The van der Waals surface area contributed by atoms with Crippen LogP contribution in [-0.2, 0) is 4.79 Å². The topological polar surface area (TPSA) is 49.4 Å². The first-order chi connectivity index (χ1) is 11.0. The average molecular weight is 381 g/mol. The Bertz CT molecular complexity index is 818. The maximum Gasteiger partial charge on any atom is 0.285 e. The molecule has 2 amide bonds. The number of halogens is 1. The number of carbonyl (C=O) groups excluding carboxylic acids is 2. The second kappa shape index (κ2) is 6.84. The first-order valence-corrected chi connectivity index (χ1v) is 8.91. The highest BCUT2D eigenvalue weighted by atomic mass is 35.5. The third kappa shape index (κ3) is 3.64. The van der Waals surface area contributed by atoms with Crippen molar-refractivity contribution in [2.75, 3.05) is 0 Å². The van der Waals surface area contributed by atoms with Crippen LogP contribution in [0, 0.1) is 0 Å². The third-order valence-electron chi connectivity index (χ3n) is 2.91. The van der Waals surface area contributed by atoms with E-state index in [1.54, 1.807) is 24.3 Å². The van der Waals surface area contributed by atoms with Gasteiger partial charge in [0.25, 0.3) is 11.8 Å². The minimum Gasteiger partial charge on any atom is -0.267 e. The molecule has 116 valence electrons. The summed E-state index contributed by atoms with van der Waals surface area (Å²) in [5.74, 6) is -0.787. The molecule has 0 aliphatic carbocycles. The van der Waals surface area contributed by atoms with Crippen LogP contribution in [0.3, 0.4) is 0 Å². The van der Waals surface area contributed by atoms with Gasteiger partial charge >= 0.3 is 0 Å². The maximum absolute atomic E-state index is 12.4. The zero-order chi connectivity index (χ0) is 16.4. The molecule has 0 spiro atoms. The van der Waals surface area contributed by atoms with Crippen LogP contribution < -0.4 is 5.43 Å². The van der Waals surface area contributed by atoms with Gasteiger partial charge in [-0.2, -0.15) is 5.01 Å². The van der Waals surface area contributed by atoms with E-state index in [1.807, 2.05) is 17.5 Å². The van der Waals surface area contributed by atoms with Crippen LogP contribution in [0.15, 0.2) is 46.7 Å². The lowest BCUT2D eigenvalue weighted by Crippen LogP contribution is -2.44. The monoisotopic (exact) mass is 380 g/mol. The number of carbonyl (C=O) groups is 2. The molecule has 8 heteroatoms. The quantitative estimate of drug-likeness (QED) is 0.647. The van der Waals surface area contributed by atoms with Gasteiger partial charge in [0.2, 0.25) is 0 Å². The summed E-state index contributed by atoms with van der Waals surface area (Å²) in [4.78, 5) is 26.0. The van der Waals surface area contributed by atoms with Crippen molar-refractivity contribution in [3.8, 4) is 0 Å². The van der Waals surface area contributed by atoms with E-state index in [0.717, 1.165) is 21.6 Å². The van der Waals surface area contributed by atoms with Gasteiger partial charge < -0.3 is 0 Å². The summed E-state index contributed by atoms with van der Waals surface area (Å²) in [5.41, 5.74) is 2.87. The van der Waals surface area contributed by atoms with E-state index in [9.17, 15) is 9.59 Å². The number of nitrogens with zero attached hydrogens (tertiary/aromatic N) is 1. The van der Waals surface area contributed by atoms with Crippen molar-refractivity contribution in [3.05, 3.63) is 62.1 Å². The zero-order valence-corrected chi connectivity index (χ0v) is 14.7. The van der Waals surface area contributed by atoms with Crippen LogP contribution >= 0.6 is 46.9 Å². The van der Waals surface area contributed by atoms with Gasteiger partial charge in [0.15, 0.2) is 4.32 Å². The number of rotatable bonds is 3. The number of hydrazine groups is 1. The smallest absolute Gasteiger partial charge is 0.267 e. The summed E-state index contributed by atoms with van der Waals surface area (Å²) in [6.45, 7) is 0. The van der Waals surface area contributed by atoms with Crippen molar-refractivity contribution in [2.24, 2.45) is 0 Å². The predicted octanol–water partition coefficient (Wildman–Crippen LogP) is 3.95. The summed E-state index contributed by atoms with van der Waals surface area (Å²) in [6.07, 6.45) is 1.76. The number of hydrogen-bond acceptors (Lipinski definition) is 5. The summed E-state index contributed by atoms with van der Waals surface area (Å²) < 4.78 is 0.285. The Balaban J connectivity index is 1.77. The van der Waals surface area contributed by atoms with E-state index in [2.05, 4.69) is 5.43 Å². The largest absolute Gasteiger partial charge is 0.285 e. The van der Waals surface area contributed by atoms with Crippen molar-refractivity contribution < 1.29 is 9.59 Å². The summed E-state index contributed by atoms with van der Waals surface area (Å²) >= 11 is 13.7. The molecule has 0 atom stereocenters. The van der Waals surface area contributed by atoms with Crippen LogP contribution in [0.2, 0.25) is 5.02 Å². The highest BCUT2D eigenvalue weighted by molar-refractivity contribution is 8.26. The second-order valence-electron chi connectivity index (χ2n) is 4.48. The summed E-state index contributed by atoms with van der Waals surface area (Å²) in [5, 5.41) is 3.46. The van der Waals surface area contributed by atoms with Crippen LogP contribution in [0.25, 0.3) is 6.08 Å². The molecule has 1 saturated heterocycles. The predicted molar refractivity (Wildman–Crippen MR) is 98.2 cm³/mol. The average Bonchev–Trinajstić information content (AvgIpc) is 3.12. The minimum absolute atomic E-state index is 0.285. The Hall–Kier alpha value is -1.67. The van der Waals surface area contributed by atoms with E-state index < -0.39 is 5.91 Å². The maximum atomic E-state index is 12.4. The van der Waals surface area contributed by atoms with Crippen molar-refractivity contribution in [1.29, 1.82) is 0 Å². The lowest BCUT2D eigenvalue weighted by molar-refractivity contribution is -0.123. The summed E-state index contributed by atoms with van der Waals surface area (Å²) in [7, 11) is 0. The molecule has 0 bridgehead atoms. The minimum atomic E-state index is -0.443. The Kier molecular flexibility index (Phi) is 4.82. The first kappa shape index (κ1) is 16.2. The number of thioether (sulfide) groups is 1. The molecule has 1 aromatic carbocycles. The molecule has 23 heavy (non-hydrogen) atoms. The number of nitrogens with one attached hydrogen (secondary N) is 1. The van der Waals surface area contributed by atoms with Crippen LogP contribution in [0.4, 0.5) is 0 Å². The molecular weight excluding hydrogens is 372 g/mol. The molecular formula is C15H9ClN2O2S3. The first-order valence-electron chi connectivity index (χ1n) is 6.42. The van der Waals surface area contributed by atoms with Crippen molar-refractivity contribution >= 4 is 69.1 Å². The summed E-state index contributed by atoms with van der Waals surface area (Å²) in [6, 6.07) is 10.3.